The number of alkyl halides is 12. The Morgan fingerprint density at radius 1 is 0.579 bits per heavy atom. The number of halogens is 12. The lowest BCUT2D eigenvalue weighted by Crippen LogP contribution is -2.67. The molecule has 0 spiro atoms. The average Bonchev–Trinajstić information content (AvgIpc) is 2.09. The van der Waals surface area contributed by atoms with Crippen molar-refractivity contribution in [3.05, 3.63) is 0 Å². The van der Waals surface area contributed by atoms with Crippen molar-refractivity contribution in [3.8, 4) is 0 Å². The molecule has 2 atom stereocenters. The van der Waals surface area contributed by atoms with Gasteiger partial charge in [-0.25, -0.2) is 13.2 Å². The molecule has 0 rings (SSSR count). The van der Waals surface area contributed by atoms with Crippen LogP contribution in [0.25, 0.3) is 0 Å². The molecule has 0 aromatic heterocycles. The molecule has 0 N–H and O–H groups in total. The van der Waals surface area contributed by atoms with Gasteiger partial charge in [-0.2, -0.15) is 39.5 Å². The summed E-state index contributed by atoms with van der Waals surface area (Å²) in [6.45, 7) is -0.955. The van der Waals surface area contributed by atoms with Crippen molar-refractivity contribution < 1.29 is 52.7 Å². The minimum Gasteiger partial charge on any atom is -0.239 e. The molecule has 12 heteroatoms. The lowest BCUT2D eigenvalue weighted by molar-refractivity contribution is -0.380. The van der Waals surface area contributed by atoms with Gasteiger partial charge >= 0.3 is 24.2 Å². The first-order chi connectivity index (χ1) is 7.90. The van der Waals surface area contributed by atoms with E-state index in [9.17, 15) is 52.7 Å². The summed E-state index contributed by atoms with van der Waals surface area (Å²) >= 11 is 0. The zero-order valence-electron chi connectivity index (χ0n) is 8.61. The second kappa shape index (κ2) is 4.33. The largest absolute Gasteiger partial charge is 0.434 e. The number of rotatable bonds is 2. The van der Waals surface area contributed by atoms with Crippen LogP contribution in [-0.4, -0.2) is 36.0 Å². The van der Waals surface area contributed by atoms with E-state index in [0.29, 0.717) is 0 Å². The van der Waals surface area contributed by atoms with E-state index >= 15 is 0 Å². The molecule has 2 unspecified atom stereocenters. The van der Waals surface area contributed by atoms with E-state index in [1.807, 2.05) is 0 Å². The van der Waals surface area contributed by atoms with Crippen LogP contribution in [0.5, 0.6) is 0 Å². The van der Waals surface area contributed by atoms with E-state index in [0.717, 1.165) is 0 Å². The van der Waals surface area contributed by atoms with E-state index in [1.54, 1.807) is 0 Å². The van der Waals surface area contributed by atoms with Crippen LogP contribution in [0.4, 0.5) is 52.7 Å². The number of hydrogen-bond donors (Lipinski definition) is 0. The predicted molar refractivity (Wildman–Crippen MR) is 36.4 cm³/mol. The maximum Gasteiger partial charge on any atom is 0.434 e. The zero-order chi connectivity index (χ0) is 16.1. The average molecular weight is 316 g/mol. The summed E-state index contributed by atoms with van der Waals surface area (Å²) < 4.78 is 145. The molecule has 0 saturated heterocycles. The molecule has 0 saturated carbocycles. The van der Waals surface area contributed by atoms with Crippen LogP contribution >= 0.6 is 0 Å². The van der Waals surface area contributed by atoms with Crippen LogP contribution in [0.3, 0.4) is 0 Å². The minimum atomic E-state index is -7.12. The third-order valence-electron chi connectivity index (χ3n) is 2.20. The molecule has 116 valence electrons. The predicted octanol–water partition coefficient (Wildman–Crippen LogP) is 4.45. The summed E-state index contributed by atoms with van der Waals surface area (Å²) in [6, 6.07) is 0. The van der Waals surface area contributed by atoms with Crippen LogP contribution < -0.4 is 0 Å². The Kier molecular flexibility index (Phi) is 4.14. The van der Waals surface area contributed by atoms with Gasteiger partial charge in [0.1, 0.15) is 0 Å². The summed E-state index contributed by atoms with van der Waals surface area (Å²) in [5, 5.41) is 0. The van der Waals surface area contributed by atoms with E-state index in [2.05, 4.69) is 0 Å². The van der Waals surface area contributed by atoms with Crippen LogP contribution in [0.1, 0.15) is 6.92 Å². The zero-order valence-corrected chi connectivity index (χ0v) is 8.61. The highest BCUT2D eigenvalue weighted by molar-refractivity contribution is 5.09. The first-order valence-corrected chi connectivity index (χ1v) is 4.12. The third kappa shape index (κ3) is 2.71. The molecular formula is C7H4F12. The molecule has 0 amide bonds. The minimum absolute atomic E-state index is 0.955. The Hall–Kier alpha value is -0.840. The standard InChI is InChI=1S/C7H4F12/c1-3(9,5(11,12)13)2(8)4(10,6(14,15)16)7(17,18)19/h2H,1H3. The van der Waals surface area contributed by atoms with Crippen molar-refractivity contribution in [1.82, 2.24) is 0 Å². The fraction of sp³-hybridized carbons (Fsp3) is 1.00. The second-order valence-electron chi connectivity index (χ2n) is 3.64. The molecule has 19 heavy (non-hydrogen) atoms. The van der Waals surface area contributed by atoms with Crippen molar-refractivity contribution in [2.24, 2.45) is 0 Å². The third-order valence-corrected chi connectivity index (χ3v) is 2.20. The topological polar surface area (TPSA) is 0 Å². The smallest absolute Gasteiger partial charge is 0.239 e. The van der Waals surface area contributed by atoms with Crippen molar-refractivity contribution in [1.29, 1.82) is 0 Å². The lowest BCUT2D eigenvalue weighted by atomic mass is 9.86. The van der Waals surface area contributed by atoms with Gasteiger partial charge in [0.2, 0.25) is 5.67 Å². The molecule has 0 radical (unpaired) electrons. The Balaban J connectivity index is 5.97. The maximum absolute atomic E-state index is 12.9. The Morgan fingerprint density at radius 2 is 0.842 bits per heavy atom. The normalized spacial score (nSPS) is 20.1. The van der Waals surface area contributed by atoms with Gasteiger partial charge < -0.3 is 0 Å². The van der Waals surface area contributed by atoms with Gasteiger partial charge in [-0.3, -0.25) is 0 Å². The van der Waals surface area contributed by atoms with Crippen molar-refractivity contribution in [2.75, 3.05) is 0 Å². The fourth-order valence-electron chi connectivity index (χ4n) is 0.965. The van der Waals surface area contributed by atoms with Crippen LogP contribution in [0, 0.1) is 0 Å². The summed E-state index contributed by atoms with van der Waals surface area (Å²) in [6.07, 6.45) is -26.3. The monoisotopic (exact) mass is 316 g/mol. The van der Waals surface area contributed by atoms with E-state index < -0.39 is 43.0 Å². The van der Waals surface area contributed by atoms with Gasteiger partial charge in [0.05, 0.1) is 0 Å². The molecule has 0 fully saturated rings. The lowest BCUT2D eigenvalue weighted by Gasteiger charge is -2.38. The molecule has 0 heterocycles. The summed E-state index contributed by atoms with van der Waals surface area (Å²) in [7, 11) is 0. The first-order valence-electron chi connectivity index (χ1n) is 4.12. The Bertz CT molecular complexity index is 302. The molecule has 0 nitrogen and oxygen atoms in total. The van der Waals surface area contributed by atoms with E-state index in [1.165, 1.54) is 0 Å². The molecule has 0 aliphatic carbocycles. The first kappa shape index (κ1) is 18.2. The van der Waals surface area contributed by atoms with Crippen LogP contribution in [-0.2, 0) is 0 Å². The van der Waals surface area contributed by atoms with Crippen LogP contribution in [0.2, 0.25) is 0 Å². The number of hydrogen-bond acceptors (Lipinski definition) is 0. The van der Waals surface area contributed by atoms with Gasteiger partial charge in [-0.15, -0.1) is 0 Å². The summed E-state index contributed by atoms with van der Waals surface area (Å²) in [5.74, 6) is 0. The Labute approximate surface area is 96.9 Å². The second-order valence-corrected chi connectivity index (χ2v) is 3.64. The maximum atomic E-state index is 12.9. The van der Waals surface area contributed by atoms with Gasteiger partial charge in [-0.1, -0.05) is 0 Å². The summed E-state index contributed by atoms with van der Waals surface area (Å²) in [5.41, 5.74) is -12.7. The molecule has 0 aliphatic rings. The van der Waals surface area contributed by atoms with Crippen LogP contribution in [0.15, 0.2) is 0 Å². The van der Waals surface area contributed by atoms with Gasteiger partial charge in [-0.05, 0) is 6.92 Å². The fourth-order valence-corrected chi connectivity index (χ4v) is 0.965. The van der Waals surface area contributed by atoms with E-state index in [-0.39, 0.29) is 0 Å². The van der Waals surface area contributed by atoms with Crippen molar-refractivity contribution >= 4 is 0 Å². The van der Waals surface area contributed by atoms with Gasteiger partial charge in [0.15, 0.2) is 6.17 Å². The van der Waals surface area contributed by atoms with E-state index in [4.69, 9.17) is 0 Å². The van der Waals surface area contributed by atoms with Gasteiger partial charge in [0.25, 0.3) is 0 Å². The molecular weight excluding hydrogens is 312 g/mol. The molecule has 0 aliphatic heterocycles. The SMILES string of the molecule is CC(F)(C(F)C(F)(C(F)(F)F)C(F)(F)F)C(F)(F)F. The Morgan fingerprint density at radius 3 is 1.00 bits per heavy atom. The van der Waals surface area contributed by atoms with Crippen molar-refractivity contribution in [2.45, 2.75) is 43.0 Å². The highest BCUT2D eigenvalue weighted by atomic mass is 19.4. The molecule has 0 aromatic carbocycles. The van der Waals surface area contributed by atoms with Crippen molar-refractivity contribution in [3.63, 3.8) is 0 Å². The molecule has 0 aromatic rings. The summed E-state index contributed by atoms with van der Waals surface area (Å²) in [4.78, 5) is 0. The highest BCUT2D eigenvalue weighted by Gasteiger charge is 2.82. The molecule has 0 bridgehead atoms. The van der Waals surface area contributed by atoms with Gasteiger partial charge in [0, 0.05) is 0 Å². The quantitative estimate of drug-likeness (QED) is 0.660. The highest BCUT2D eigenvalue weighted by Crippen LogP contribution is 2.54.